The molecule has 9 nitrogen and oxygen atoms in total. The fourth-order valence-corrected chi connectivity index (χ4v) is 5.49. The van der Waals surface area contributed by atoms with Gasteiger partial charge >= 0.3 is 6.09 Å². The Morgan fingerprint density at radius 2 is 1.68 bits per heavy atom. The van der Waals surface area contributed by atoms with E-state index in [1.807, 2.05) is 51.1 Å². The van der Waals surface area contributed by atoms with Crippen LogP contribution in [0.2, 0.25) is 0 Å². The van der Waals surface area contributed by atoms with Crippen molar-refractivity contribution in [2.45, 2.75) is 98.4 Å². The summed E-state index contributed by atoms with van der Waals surface area (Å²) in [5.74, 6) is -1.98. The molecule has 4 N–H and O–H groups in total. The highest BCUT2D eigenvalue weighted by molar-refractivity contribution is 6.38. The van der Waals surface area contributed by atoms with E-state index in [4.69, 9.17) is 4.74 Å². The van der Waals surface area contributed by atoms with Crippen LogP contribution in [-0.4, -0.2) is 53.5 Å². The number of aliphatic hydroxyl groups is 1. The van der Waals surface area contributed by atoms with Crippen molar-refractivity contribution in [3.8, 4) is 0 Å². The second-order valence-electron chi connectivity index (χ2n) is 12.1. The first-order chi connectivity index (χ1) is 17.7. The van der Waals surface area contributed by atoms with Crippen molar-refractivity contribution in [1.82, 2.24) is 16.0 Å². The number of benzene rings is 1. The van der Waals surface area contributed by atoms with E-state index in [-0.39, 0.29) is 36.3 Å². The number of amides is 3. The summed E-state index contributed by atoms with van der Waals surface area (Å²) in [5.41, 5.74) is 0.409. The molecule has 1 aliphatic carbocycles. The molecule has 9 heteroatoms. The van der Waals surface area contributed by atoms with Crippen LogP contribution in [0, 0.1) is 16.7 Å². The van der Waals surface area contributed by atoms with Gasteiger partial charge in [-0.1, -0.05) is 71.9 Å². The van der Waals surface area contributed by atoms with E-state index < -0.39 is 41.9 Å². The van der Waals surface area contributed by atoms with Crippen LogP contribution in [0.5, 0.6) is 0 Å². The number of ether oxygens (including phenoxy) is 1. The van der Waals surface area contributed by atoms with Crippen LogP contribution in [0.15, 0.2) is 30.3 Å². The average molecular weight is 532 g/mol. The summed E-state index contributed by atoms with van der Waals surface area (Å²) < 4.78 is 5.25. The zero-order chi connectivity index (χ0) is 28.5. The summed E-state index contributed by atoms with van der Waals surface area (Å²) in [4.78, 5) is 51.1. The van der Waals surface area contributed by atoms with E-state index in [0.717, 1.165) is 12.0 Å². The van der Waals surface area contributed by atoms with Crippen LogP contribution in [0.25, 0.3) is 0 Å². The maximum absolute atomic E-state index is 13.1. The molecule has 4 atom stereocenters. The first kappa shape index (κ1) is 31.3. The molecule has 38 heavy (non-hydrogen) atoms. The van der Waals surface area contributed by atoms with Crippen molar-refractivity contribution in [2.75, 3.05) is 6.54 Å². The summed E-state index contributed by atoms with van der Waals surface area (Å²) in [6.45, 7) is 12.0. The van der Waals surface area contributed by atoms with Crippen LogP contribution in [0.3, 0.4) is 0 Å². The summed E-state index contributed by atoms with van der Waals surface area (Å²) in [6, 6.07) is 7.23. The Bertz CT molecular complexity index is 964. The summed E-state index contributed by atoms with van der Waals surface area (Å²) in [5, 5.41) is 18.2. The number of hydrogen-bond acceptors (Lipinski definition) is 6. The van der Waals surface area contributed by atoms with Gasteiger partial charge in [0.25, 0.3) is 5.91 Å². The number of hydrogen-bond donors (Lipinski definition) is 4. The Hall–Kier alpha value is -2.94. The fraction of sp³-hybridized carbons (Fsp3) is 0.655. The molecule has 3 amide bonds. The zero-order valence-corrected chi connectivity index (χ0v) is 23.6. The second kappa shape index (κ2) is 13.7. The van der Waals surface area contributed by atoms with Gasteiger partial charge in [-0.25, -0.2) is 4.79 Å². The van der Waals surface area contributed by atoms with E-state index in [2.05, 4.69) is 29.8 Å². The molecular weight excluding hydrogens is 486 g/mol. The Balaban J connectivity index is 1.95. The SMILES string of the molecule is CCC(NC(=O)C(CC(C)C)NC(=O)OCc1ccccc1)C(=O)C(=O)NCC1(C)CC(O)CC(C)(C)C1. The lowest BCUT2D eigenvalue weighted by atomic mass is 9.63. The maximum Gasteiger partial charge on any atom is 0.408 e. The lowest BCUT2D eigenvalue weighted by Gasteiger charge is -2.45. The molecule has 0 bridgehead atoms. The smallest absolute Gasteiger partial charge is 0.408 e. The number of rotatable bonds is 12. The summed E-state index contributed by atoms with van der Waals surface area (Å²) in [6.07, 6.45) is 1.41. The predicted octanol–water partition coefficient (Wildman–Crippen LogP) is 3.48. The Kier molecular flexibility index (Phi) is 11.3. The summed E-state index contributed by atoms with van der Waals surface area (Å²) in [7, 11) is 0. The number of carbonyl (C=O) groups is 4. The monoisotopic (exact) mass is 531 g/mol. The Labute approximate surface area is 226 Å². The topological polar surface area (TPSA) is 134 Å². The van der Waals surface area contributed by atoms with Gasteiger partial charge in [0.1, 0.15) is 12.6 Å². The molecule has 0 radical (unpaired) electrons. The number of aliphatic hydroxyl groups excluding tert-OH is 1. The van der Waals surface area contributed by atoms with Crippen LogP contribution in [-0.2, 0) is 25.7 Å². The van der Waals surface area contributed by atoms with Crippen LogP contribution in [0.1, 0.15) is 79.2 Å². The van der Waals surface area contributed by atoms with Crippen molar-refractivity contribution >= 4 is 23.7 Å². The fourth-order valence-electron chi connectivity index (χ4n) is 5.49. The standard InChI is InChI=1S/C29H45N3O6/c1-7-22(24(34)26(36)30-18-29(6)15-21(33)14-28(4,5)17-29)31-25(35)23(13-19(2)3)32-27(37)38-16-20-11-9-8-10-12-20/h8-12,19,21-23,33H,7,13-18H2,1-6H3,(H,30,36)(H,31,35)(H,32,37). The highest BCUT2D eigenvalue weighted by Crippen LogP contribution is 2.45. The Morgan fingerprint density at radius 3 is 2.26 bits per heavy atom. The first-order valence-corrected chi connectivity index (χ1v) is 13.5. The molecule has 212 valence electrons. The van der Waals surface area contributed by atoms with Gasteiger partial charge in [0, 0.05) is 6.54 Å². The zero-order valence-electron chi connectivity index (χ0n) is 23.6. The van der Waals surface area contributed by atoms with Crippen LogP contribution >= 0.6 is 0 Å². The highest BCUT2D eigenvalue weighted by atomic mass is 16.5. The van der Waals surface area contributed by atoms with Gasteiger partial charge < -0.3 is 25.8 Å². The second-order valence-corrected chi connectivity index (χ2v) is 12.1. The third kappa shape index (κ3) is 10.1. The molecular formula is C29H45N3O6. The molecule has 0 aliphatic heterocycles. The minimum atomic E-state index is -1.03. The van der Waals surface area contributed by atoms with Gasteiger partial charge in [-0.3, -0.25) is 14.4 Å². The average Bonchev–Trinajstić information content (AvgIpc) is 2.82. The largest absolute Gasteiger partial charge is 0.445 e. The predicted molar refractivity (Wildman–Crippen MR) is 145 cm³/mol. The van der Waals surface area contributed by atoms with Gasteiger partial charge in [-0.15, -0.1) is 0 Å². The number of nitrogens with one attached hydrogen (secondary N) is 3. The molecule has 1 aromatic rings. The molecule has 0 aromatic heterocycles. The lowest BCUT2D eigenvalue weighted by molar-refractivity contribution is -0.140. The molecule has 1 aromatic carbocycles. The van der Waals surface area contributed by atoms with Gasteiger partial charge in [-0.05, 0) is 54.4 Å². The van der Waals surface area contributed by atoms with Gasteiger partial charge in [0.15, 0.2) is 0 Å². The molecule has 4 unspecified atom stereocenters. The molecule has 1 saturated carbocycles. The van der Waals surface area contributed by atoms with E-state index in [1.165, 1.54) is 0 Å². The van der Waals surface area contributed by atoms with E-state index in [0.29, 0.717) is 19.3 Å². The number of alkyl carbamates (subject to hydrolysis) is 1. The van der Waals surface area contributed by atoms with Gasteiger partial charge in [0.2, 0.25) is 11.7 Å². The number of carbonyl (C=O) groups excluding carboxylic acids is 4. The molecule has 0 spiro atoms. The minimum Gasteiger partial charge on any atom is -0.445 e. The Morgan fingerprint density at radius 1 is 1.03 bits per heavy atom. The molecule has 0 saturated heterocycles. The number of ketones is 1. The summed E-state index contributed by atoms with van der Waals surface area (Å²) >= 11 is 0. The minimum absolute atomic E-state index is 0.0616. The van der Waals surface area contributed by atoms with E-state index in [9.17, 15) is 24.3 Å². The normalized spacial score (nSPS) is 22.2. The third-order valence-electron chi connectivity index (χ3n) is 6.89. The van der Waals surface area contributed by atoms with Crippen molar-refractivity contribution in [2.24, 2.45) is 16.7 Å². The first-order valence-electron chi connectivity index (χ1n) is 13.5. The number of Topliss-reactive ketones (excluding diaryl/α,β-unsaturated/α-hetero) is 1. The lowest BCUT2D eigenvalue weighted by Crippen LogP contribution is -2.54. The van der Waals surface area contributed by atoms with Crippen molar-refractivity contribution in [3.63, 3.8) is 0 Å². The highest BCUT2D eigenvalue weighted by Gasteiger charge is 2.41. The quantitative estimate of drug-likeness (QED) is 0.305. The van der Waals surface area contributed by atoms with Crippen LogP contribution < -0.4 is 16.0 Å². The van der Waals surface area contributed by atoms with Crippen LogP contribution in [0.4, 0.5) is 4.79 Å². The maximum atomic E-state index is 13.1. The van der Waals surface area contributed by atoms with Gasteiger partial charge in [-0.2, -0.15) is 0 Å². The molecule has 1 aliphatic rings. The van der Waals surface area contributed by atoms with Crippen molar-refractivity contribution in [3.05, 3.63) is 35.9 Å². The molecule has 0 heterocycles. The van der Waals surface area contributed by atoms with Gasteiger partial charge in [0.05, 0.1) is 12.1 Å². The molecule has 2 rings (SSSR count). The van der Waals surface area contributed by atoms with Crippen molar-refractivity contribution < 1.29 is 29.0 Å². The van der Waals surface area contributed by atoms with E-state index in [1.54, 1.807) is 6.92 Å². The third-order valence-corrected chi connectivity index (χ3v) is 6.89. The van der Waals surface area contributed by atoms with Crippen molar-refractivity contribution in [1.29, 1.82) is 0 Å². The molecule has 1 fully saturated rings. The van der Waals surface area contributed by atoms with E-state index >= 15 is 0 Å².